The molecule has 0 aromatic heterocycles. The van der Waals surface area contributed by atoms with E-state index in [0.717, 1.165) is 39.8 Å². The van der Waals surface area contributed by atoms with Crippen LogP contribution < -0.4 is 0 Å². The van der Waals surface area contributed by atoms with Gasteiger partial charge in [0.15, 0.2) is 0 Å². The van der Waals surface area contributed by atoms with E-state index in [9.17, 15) is 0 Å². The summed E-state index contributed by atoms with van der Waals surface area (Å²) in [5.41, 5.74) is 9.25. The first-order valence-corrected chi connectivity index (χ1v) is 15.9. The smallest absolute Gasteiger partial charge is 0.00229 e. The molecule has 4 aromatic rings. The molecule has 0 aliphatic carbocycles. The van der Waals surface area contributed by atoms with Crippen LogP contribution in [0.25, 0.3) is 0 Å². The Morgan fingerprint density at radius 1 is 0.417 bits per heavy atom. The predicted octanol–water partition coefficient (Wildman–Crippen LogP) is 9.72. The number of hydrogen-bond donors (Lipinski definition) is 0. The molecule has 2 heteroatoms. The molecule has 0 bridgehead atoms. The lowest BCUT2D eigenvalue weighted by Crippen LogP contribution is -2.15. The summed E-state index contributed by atoms with van der Waals surface area (Å²) in [5.74, 6) is 1.39. The van der Waals surface area contributed by atoms with E-state index in [1.165, 1.54) is 25.7 Å². The zero-order valence-corrected chi connectivity index (χ0v) is 22.8. The molecule has 8 atom stereocenters. The van der Waals surface area contributed by atoms with E-state index in [1.807, 2.05) is 0 Å². The Balaban J connectivity index is 1.22. The van der Waals surface area contributed by atoms with Crippen molar-refractivity contribution >= 4 is 17.2 Å². The second-order valence-corrected chi connectivity index (χ2v) is 14.1. The van der Waals surface area contributed by atoms with Crippen molar-refractivity contribution in [1.82, 2.24) is 0 Å². The summed E-state index contributed by atoms with van der Waals surface area (Å²) in [4.78, 5) is 0. The van der Waals surface area contributed by atoms with Crippen molar-refractivity contribution in [2.75, 3.05) is 0 Å². The molecule has 182 valence electrons. The van der Waals surface area contributed by atoms with Crippen LogP contribution in [0.5, 0.6) is 0 Å². The molecule has 0 saturated carbocycles. The van der Waals surface area contributed by atoms with E-state index in [1.54, 1.807) is 22.3 Å². The summed E-state index contributed by atoms with van der Waals surface area (Å²) in [6.45, 7) is 0. The van der Waals surface area contributed by atoms with Gasteiger partial charge in [0.1, 0.15) is 0 Å². The maximum Gasteiger partial charge on any atom is 0.00229 e. The lowest BCUT2D eigenvalue weighted by atomic mass is 9.85. The molecule has 4 aromatic carbocycles. The summed E-state index contributed by atoms with van der Waals surface area (Å²) in [5, 5.41) is 0. The molecule has 36 heavy (non-hydrogen) atoms. The van der Waals surface area contributed by atoms with Gasteiger partial charge in [0, 0.05) is 11.3 Å². The fraction of sp³-hybridized carbons (Fsp3) is 0.294. The van der Waals surface area contributed by atoms with Gasteiger partial charge in [0.05, 0.1) is 0 Å². The highest BCUT2D eigenvalue weighted by Gasteiger charge is 2.39. The van der Waals surface area contributed by atoms with Crippen LogP contribution in [0, 0.1) is 0 Å². The first-order valence-electron chi connectivity index (χ1n) is 13.6. The van der Waals surface area contributed by atoms with Crippen LogP contribution in [-0.2, 0) is 0 Å². The molecule has 2 heterocycles. The van der Waals surface area contributed by atoms with Gasteiger partial charge in [0.25, 0.3) is 0 Å². The molecular formula is C34H36P2. The molecular weight excluding hydrogens is 470 g/mol. The van der Waals surface area contributed by atoms with Gasteiger partial charge in [-0.15, -0.1) is 17.2 Å². The van der Waals surface area contributed by atoms with Crippen molar-refractivity contribution in [1.29, 1.82) is 0 Å². The van der Waals surface area contributed by atoms with E-state index in [4.69, 9.17) is 0 Å². The van der Waals surface area contributed by atoms with Gasteiger partial charge in [-0.2, -0.15) is 0 Å². The summed E-state index contributed by atoms with van der Waals surface area (Å²) in [6.07, 6.45) is 5.34. The Morgan fingerprint density at radius 2 is 0.722 bits per heavy atom. The second kappa shape index (κ2) is 11.4. The van der Waals surface area contributed by atoms with Crippen LogP contribution in [0.1, 0.15) is 71.1 Å². The molecule has 4 unspecified atom stereocenters. The van der Waals surface area contributed by atoms with Gasteiger partial charge >= 0.3 is 0 Å². The van der Waals surface area contributed by atoms with Crippen LogP contribution in [0.4, 0.5) is 0 Å². The van der Waals surface area contributed by atoms with Gasteiger partial charge in [-0.05, 0) is 71.1 Å². The van der Waals surface area contributed by atoms with Crippen molar-refractivity contribution in [2.24, 2.45) is 0 Å². The zero-order valence-electron chi connectivity index (χ0n) is 20.8. The number of benzene rings is 4. The normalized spacial score (nSPS) is 29.1. The zero-order chi connectivity index (χ0) is 24.2. The molecule has 0 N–H and O–H groups in total. The Hall–Kier alpha value is -2.26. The summed E-state index contributed by atoms with van der Waals surface area (Å²) >= 11 is 0. The SMILES string of the molecule is c1ccc([C@H]2C[C@H](c3ccccc3)PC2CCC2P[C@@H](c3ccccc3)C[C@@H]2c2ccccc2)cc1. The number of rotatable bonds is 7. The fourth-order valence-corrected chi connectivity index (χ4v) is 11.0. The molecule has 2 fully saturated rings. The highest BCUT2D eigenvalue weighted by atomic mass is 31.1. The molecule has 0 radical (unpaired) electrons. The maximum absolute atomic E-state index is 2.38. The van der Waals surface area contributed by atoms with Crippen molar-refractivity contribution in [3.8, 4) is 0 Å². The van der Waals surface area contributed by atoms with E-state index in [2.05, 4.69) is 121 Å². The Kier molecular flexibility index (Phi) is 7.65. The molecule has 6 rings (SSSR count). The van der Waals surface area contributed by atoms with Gasteiger partial charge in [-0.25, -0.2) is 0 Å². The minimum absolute atomic E-state index is 0.694. The highest BCUT2D eigenvalue weighted by Crippen LogP contribution is 2.61. The van der Waals surface area contributed by atoms with Crippen LogP contribution in [0.3, 0.4) is 0 Å². The Labute approximate surface area is 220 Å². The van der Waals surface area contributed by atoms with Gasteiger partial charge in [-0.3, -0.25) is 0 Å². The van der Waals surface area contributed by atoms with Gasteiger partial charge in [0.2, 0.25) is 0 Å². The molecule has 2 aliphatic rings. The summed E-state index contributed by atoms with van der Waals surface area (Å²) in [7, 11) is 2.05. The molecule has 2 saturated heterocycles. The van der Waals surface area contributed by atoms with E-state index in [-0.39, 0.29) is 0 Å². The topological polar surface area (TPSA) is 0 Å². The van der Waals surface area contributed by atoms with Gasteiger partial charge < -0.3 is 0 Å². The van der Waals surface area contributed by atoms with Crippen molar-refractivity contribution in [2.45, 2.75) is 60.2 Å². The third kappa shape index (κ3) is 5.37. The third-order valence-electron chi connectivity index (χ3n) is 8.43. The van der Waals surface area contributed by atoms with Crippen LogP contribution >= 0.6 is 17.2 Å². The average Bonchev–Trinajstić information content (AvgIpc) is 3.59. The third-order valence-corrected chi connectivity index (χ3v) is 12.6. The second-order valence-electron chi connectivity index (χ2n) is 10.6. The van der Waals surface area contributed by atoms with E-state index < -0.39 is 0 Å². The van der Waals surface area contributed by atoms with Crippen LogP contribution in [-0.4, -0.2) is 11.3 Å². The molecule has 2 aliphatic heterocycles. The minimum atomic E-state index is 0.694. The predicted molar refractivity (Wildman–Crippen MR) is 159 cm³/mol. The van der Waals surface area contributed by atoms with Crippen molar-refractivity contribution in [3.63, 3.8) is 0 Å². The minimum Gasteiger partial charge on any atom is -0.111 e. The lowest BCUT2D eigenvalue weighted by molar-refractivity contribution is 0.538. The number of hydrogen-bond acceptors (Lipinski definition) is 0. The fourth-order valence-electron chi connectivity index (χ4n) is 6.62. The van der Waals surface area contributed by atoms with Crippen molar-refractivity contribution < 1.29 is 0 Å². The highest BCUT2D eigenvalue weighted by molar-refractivity contribution is 7.40. The summed E-state index contributed by atoms with van der Waals surface area (Å²) in [6, 6.07) is 45.4. The van der Waals surface area contributed by atoms with E-state index in [0.29, 0.717) is 11.8 Å². The molecule has 0 amide bonds. The molecule has 0 nitrogen and oxygen atoms in total. The lowest BCUT2D eigenvalue weighted by Gasteiger charge is -2.24. The largest absolute Gasteiger partial charge is 0.111 e. The van der Waals surface area contributed by atoms with Crippen LogP contribution in [0.15, 0.2) is 121 Å². The monoisotopic (exact) mass is 506 g/mol. The average molecular weight is 507 g/mol. The van der Waals surface area contributed by atoms with Crippen LogP contribution in [0.2, 0.25) is 0 Å². The first kappa shape index (κ1) is 24.1. The Bertz CT molecular complexity index is 1110. The summed E-state index contributed by atoms with van der Waals surface area (Å²) < 4.78 is 0. The maximum atomic E-state index is 2.38. The van der Waals surface area contributed by atoms with E-state index >= 15 is 0 Å². The van der Waals surface area contributed by atoms with Gasteiger partial charge in [-0.1, -0.05) is 121 Å². The Morgan fingerprint density at radius 3 is 1.06 bits per heavy atom. The standard InChI is InChI=1S/C34H36P2/c1-5-13-25(14-6-1)29-23-33(27-17-9-3-10-18-27)35-31(29)21-22-32-30(26-15-7-2-8-16-26)24-34(36-32)28-19-11-4-12-20-28/h1-20,29-36H,21-24H2/t29-,30-,31?,32?,33-,34-/m1/s1. The quantitative estimate of drug-likeness (QED) is 0.219. The first-order chi connectivity index (χ1) is 17.8. The molecule has 0 spiro atoms. The van der Waals surface area contributed by atoms with Crippen molar-refractivity contribution in [3.05, 3.63) is 144 Å².